The Kier molecular flexibility index (Phi) is 2.57. The third-order valence-electron chi connectivity index (χ3n) is 4.99. The summed E-state index contributed by atoms with van der Waals surface area (Å²) in [6, 6.07) is 8.60. The normalized spacial score (nSPS) is 30.2. The summed E-state index contributed by atoms with van der Waals surface area (Å²) >= 11 is 0. The minimum Gasteiger partial charge on any atom is -0.337 e. The lowest BCUT2D eigenvalue weighted by atomic mass is 9.67. The first-order chi connectivity index (χ1) is 8.82. The first kappa shape index (κ1) is 12.7. The summed E-state index contributed by atoms with van der Waals surface area (Å²) in [7, 11) is 0. The Hall–Kier alpha value is -1.31. The third-order valence-corrected chi connectivity index (χ3v) is 4.99. The van der Waals surface area contributed by atoms with Gasteiger partial charge in [0.1, 0.15) is 0 Å². The van der Waals surface area contributed by atoms with Crippen LogP contribution in [0.5, 0.6) is 0 Å². The summed E-state index contributed by atoms with van der Waals surface area (Å²) in [5.41, 5.74) is 2.55. The van der Waals surface area contributed by atoms with E-state index in [0.29, 0.717) is 11.8 Å². The molecule has 1 aliphatic carbocycles. The summed E-state index contributed by atoms with van der Waals surface area (Å²) in [6.45, 7) is 9.49. The maximum absolute atomic E-state index is 12.8. The number of benzene rings is 1. The Morgan fingerprint density at radius 1 is 1.21 bits per heavy atom. The molecule has 19 heavy (non-hydrogen) atoms. The maximum Gasteiger partial charge on any atom is 0.229 e. The van der Waals surface area contributed by atoms with Crippen molar-refractivity contribution in [2.45, 2.75) is 46.1 Å². The van der Waals surface area contributed by atoms with Crippen LogP contribution in [0.3, 0.4) is 0 Å². The summed E-state index contributed by atoms with van der Waals surface area (Å²) in [5, 5.41) is 0. The first-order valence-electron chi connectivity index (χ1n) is 7.21. The lowest BCUT2D eigenvalue weighted by Gasteiger charge is -2.35. The lowest BCUT2D eigenvalue weighted by molar-refractivity contribution is -0.139. The quantitative estimate of drug-likeness (QED) is 0.699. The molecule has 0 aromatic heterocycles. The molecule has 1 aromatic rings. The van der Waals surface area contributed by atoms with Crippen LogP contribution < -0.4 is 0 Å². The van der Waals surface area contributed by atoms with Crippen LogP contribution in [0.2, 0.25) is 0 Å². The Bertz CT molecular complexity index is 528. The van der Waals surface area contributed by atoms with E-state index in [1.54, 1.807) is 0 Å². The molecule has 2 atom stereocenters. The number of carbonyl (C=O) groups excluding carboxylic acids is 1. The Balaban J connectivity index is 1.99. The molecule has 0 N–H and O–H groups in total. The predicted octanol–water partition coefficient (Wildman–Crippen LogP) is 3.05. The van der Waals surface area contributed by atoms with E-state index in [1.165, 1.54) is 11.1 Å². The van der Waals surface area contributed by atoms with Gasteiger partial charge in [0.05, 0.1) is 5.41 Å². The van der Waals surface area contributed by atoms with Crippen molar-refractivity contribution >= 4 is 5.91 Å². The second-order valence-corrected chi connectivity index (χ2v) is 7.35. The highest BCUT2D eigenvalue weighted by molar-refractivity contribution is 5.86. The van der Waals surface area contributed by atoms with E-state index in [9.17, 15) is 4.79 Å². The van der Waals surface area contributed by atoms with Gasteiger partial charge in [-0.3, -0.25) is 4.79 Å². The van der Waals surface area contributed by atoms with Crippen LogP contribution in [0.1, 0.15) is 38.8 Å². The molecule has 2 aliphatic rings. The van der Waals surface area contributed by atoms with Crippen LogP contribution in [-0.4, -0.2) is 22.9 Å². The summed E-state index contributed by atoms with van der Waals surface area (Å²) < 4.78 is 0. The summed E-state index contributed by atoms with van der Waals surface area (Å²) in [5.74, 6) is 0.814. The Labute approximate surface area is 115 Å². The van der Waals surface area contributed by atoms with Gasteiger partial charge in [0.15, 0.2) is 0 Å². The largest absolute Gasteiger partial charge is 0.337 e. The summed E-state index contributed by atoms with van der Waals surface area (Å²) in [4.78, 5) is 14.9. The van der Waals surface area contributed by atoms with E-state index in [-0.39, 0.29) is 11.0 Å². The molecule has 0 spiro atoms. The maximum atomic E-state index is 12.8. The topological polar surface area (TPSA) is 20.3 Å². The fraction of sp³-hybridized carbons (Fsp3) is 0.588. The van der Waals surface area contributed by atoms with Gasteiger partial charge in [-0.15, -0.1) is 0 Å². The average molecular weight is 257 g/mol. The van der Waals surface area contributed by atoms with E-state index < -0.39 is 0 Å². The molecule has 3 rings (SSSR count). The molecule has 1 saturated heterocycles. The second-order valence-electron chi connectivity index (χ2n) is 7.35. The van der Waals surface area contributed by atoms with Gasteiger partial charge < -0.3 is 4.90 Å². The van der Waals surface area contributed by atoms with E-state index >= 15 is 0 Å². The van der Waals surface area contributed by atoms with Crippen LogP contribution in [0.15, 0.2) is 24.3 Å². The molecule has 1 heterocycles. The molecule has 2 heteroatoms. The molecule has 0 radical (unpaired) electrons. The van der Waals surface area contributed by atoms with Gasteiger partial charge in [0.2, 0.25) is 5.91 Å². The molecule has 1 aromatic carbocycles. The Morgan fingerprint density at radius 3 is 2.47 bits per heavy atom. The number of carbonyl (C=O) groups is 1. The van der Waals surface area contributed by atoms with Gasteiger partial charge in [-0.1, -0.05) is 31.2 Å². The van der Waals surface area contributed by atoms with Crippen molar-refractivity contribution in [3.05, 3.63) is 35.4 Å². The smallest absolute Gasteiger partial charge is 0.229 e. The van der Waals surface area contributed by atoms with Crippen molar-refractivity contribution in [2.75, 3.05) is 6.54 Å². The zero-order chi connectivity index (χ0) is 13.8. The van der Waals surface area contributed by atoms with E-state index in [1.807, 2.05) is 0 Å². The second kappa shape index (κ2) is 3.84. The van der Waals surface area contributed by atoms with Gasteiger partial charge in [-0.25, -0.2) is 0 Å². The lowest BCUT2D eigenvalue weighted by Crippen LogP contribution is -2.45. The standard InChI is InChI=1S/C17H23NO/c1-16(2,3)18-11-14-9-12-7-5-6-8-13(12)10-17(14,4)15(18)19/h5-8,14H,9-11H2,1-4H3/t14-,17-/m0/s1. The van der Waals surface area contributed by atoms with E-state index in [4.69, 9.17) is 0 Å². The highest BCUT2D eigenvalue weighted by atomic mass is 16.2. The fourth-order valence-electron chi connectivity index (χ4n) is 3.67. The van der Waals surface area contributed by atoms with Gasteiger partial charge in [-0.05, 0) is 50.7 Å². The molecular weight excluding hydrogens is 234 g/mol. The van der Waals surface area contributed by atoms with Crippen molar-refractivity contribution in [3.63, 3.8) is 0 Å². The van der Waals surface area contributed by atoms with Crippen LogP contribution in [-0.2, 0) is 17.6 Å². The minimum atomic E-state index is -0.193. The van der Waals surface area contributed by atoms with Crippen LogP contribution in [0.4, 0.5) is 0 Å². The molecule has 0 saturated carbocycles. The minimum absolute atomic E-state index is 0.0659. The molecule has 2 nitrogen and oxygen atoms in total. The van der Waals surface area contributed by atoms with Crippen molar-refractivity contribution in [1.29, 1.82) is 0 Å². The highest BCUT2D eigenvalue weighted by Crippen LogP contribution is 2.47. The third kappa shape index (κ3) is 1.80. The van der Waals surface area contributed by atoms with Gasteiger partial charge in [-0.2, -0.15) is 0 Å². The van der Waals surface area contributed by atoms with Crippen molar-refractivity contribution in [3.8, 4) is 0 Å². The highest BCUT2D eigenvalue weighted by Gasteiger charge is 2.54. The SMILES string of the molecule is CC(C)(C)N1C[C@@H]2Cc3ccccc3C[C@]2(C)C1=O. The van der Waals surface area contributed by atoms with Crippen molar-refractivity contribution in [1.82, 2.24) is 4.90 Å². The number of likely N-dealkylation sites (tertiary alicyclic amines) is 1. The van der Waals surface area contributed by atoms with Gasteiger partial charge in [0.25, 0.3) is 0 Å². The number of nitrogens with zero attached hydrogens (tertiary/aromatic N) is 1. The van der Waals surface area contributed by atoms with Crippen molar-refractivity contribution < 1.29 is 4.79 Å². The molecule has 1 fully saturated rings. The molecule has 0 unspecified atom stereocenters. The van der Waals surface area contributed by atoms with E-state index in [0.717, 1.165) is 19.4 Å². The number of fused-ring (bicyclic) bond motifs is 2. The number of hydrogen-bond donors (Lipinski definition) is 0. The zero-order valence-electron chi connectivity index (χ0n) is 12.4. The fourth-order valence-corrected chi connectivity index (χ4v) is 3.67. The van der Waals surface area contributed by atoms with E-state index in [2.05, 4.69) is 56.9 Å². The molecule has 1 amide bonds. The van der Waals surface area contributed by atoms with Gasteiger partial charge in [0, 0.05) is 12.1 Å². The molecule has 0 bridgehead atoms. The predicted molar refractivity (Wildman–Crippen MR) is 76.9 cm³/mol. The van der Waals surface area contributed by atoms with Crippen LogP contribution in [0, 0.1) is 11.3 Å². The number of rotatable bonds is 0. The van der Waals surface area contributed by atoms with Crippen LogP contribution in [0.25, 0.3) is 0 Å². The number of amides is 1. The summed E-state index contributed by atoms with van der Waals surface area (Å²) in [6.07, 6.45) is 1.95. The van der Waals surface area contributed by atoms with Crippen molar-refractivity contribution in [2.24, 2.45) is 11.3 Å². The zero-order valence-corrected chi connectivity index (χ0v) is 12.4. The van der Waals surface area contributed by atoms with Gasteiger partial charge >= 0.3 is 0 Å². The molecule has 102 valence electrons. The monoisotopic (exact) mass is 257 g/mol. The number of hydrogen-bond acceptors (Lipinski definition) is 1. The van der Waals surface area contributed by atoms with Crippen LogP contribution >= 0.6 is 0 Å². The first-order valence-corrected chi connectivity index (χ1v) is 7.21. The molecule has 1 aliphatic heterocycles. The average Bonchev–Trinajstić information content (AvgIpc) is 2.58. The molecular formula is C17H23NO. The Morgan fingerprint density at radius 2 is 1.84 bits per heavy atom.